The fourth-order valence-electron chi connectivity index (χ4n) is 3.41. The van der Waals surface area contributed by atoms with Crippen LogP contribution in [0.5, 0.6) is 0 Å². The number of benzene rings is 1. The summed E-state index contributed by atoms with van der Waals surface area (Å²) in [5, 5.41) is 17.4. The fraction of sp³-hybridized carbons (Fsp3) is 0.235. The summed E-state index contributed by atoms with van der Waals surface area (Å²) in [5.41, 5.74) is 1.51. The van der Waals surface area contributed by atoms with Crippen molar-refractivity contribution in [1.82, 2.24) is 15.3 Å². The van der Waals surface area contributed by atoms with Crippen LogP contribution in [0.1, 0.15) is 17.8 Å². The molecule has 1 spiro atoms. The van der Waals surface area contributed by atoms with Crippen molar-refractivity contribution in [1.29, 1.82) is 5.26 Å². The summed E-state index contributed by atoms with van der Waals surface area (Å²) in [4.78, 5) is 32.7. The van der Waals surface area contributed by atoms with Crippen LogP contribution in [0.15, 0.2) is 36.7 Å². The molecule has 2 aliphatic heterocycles. The molecule has 1 aromatic carbocycles. The van der Waals surface area contributed by atoms with E-state index in [0.29, 0.717) is 18.7 Å². The minimum absolute atomic E-state index is 0.0276. The Kier molecular flexibility index (Phi) is 3.35. The minimum atomic E-state index is -0.722. The van der Waals surface area contributed by atoms with Gasteiger partial charge in [-0.05, 0) is 18.1 Å². The minimum Gasteiger partial charge on any atom is -0.383 e. The molecule has 0 radical (unpaired) electrons. The van der Waals surface area contributed by atoms with E-state index in [4.69, 9.17) is 5.26 Å². The van der Waals surface area contributed by atoms with Gasteiger partial charge in [-0.3, -0.25) is 9.59 Å². The van der Waals surface area contributed by atoms with Crippen LogP contribution >= 0.6 is 0 Å². The van der Waals surface area contributed by atoms with Crippen LogP contribution in [-0.4, -0.2) is 34.4 Å². The van der Waals surface area contributed by atoms with Gasteiger partial charge in [-0.15, -0.1) is 0 Å². The van der Waals surface area contributed by atoms with Crippen LogP contribution in [0.2, 0.25) is 0 Å². The Morgan fingerprint density at radius 2 is 2.08 bits per heavy atom. The van der Waals surface area contributed by atoms with Crippen molar-refractivity contribution < 1.29 is 9.59 Å². The number of nitrogens with zero attached hydrogens (tertiary/aromatic N) is 3. The first-order valence-corrected chi connectivity index (χ1v) is 7.80. The highest BCUT2D eigenvalue weighted by atomic mass is 16.2. The molecule has 25 heavy (non-hydrogen) atoms. The first-order chi connectivity index (χ1) is 12.1. The number of hydrogen-bond donors (Lipinski definition) is 3. The number of hydrogen-bond acceptors (Lipinski definition) is 6. The molecule has 2 aromatic rings. The summed E-state index contributed by atoms with van der Waals surface area (Å²) in [5.74, 6) is -0.455. The maximum Gasteiger partial charge on any atom is 0.247 e. The number of nitriles is 1. The molecule has 3 N–H and O–H groups in total. The van der Waals surface area contributed by atoms with E-state index in [1.165, 1.54) is 12.4 Å². The fourth-order valence-corrected chi connectivity index (χ4v) is 3.41. The monoisotopic (exact) mass is 334 g/mol. The molecule has 1 saturated heterocycles. The topological polar surface area (TPSA) is 120 Å². The number of anilines is 2. The van der Waals surface area contributed by atoms with E-state index in [1.54, 1.807) is 0 Å². The van der Waals surface area contributed by atoms with Crippen molar-refractivity contribution in [2.24, 2.45) is 0 Å². The average molecular weight is 334 g/mol. The number of fused-ring (bicyclic) bond motifs is 2. The molecule has 124 valence electrons. The third-order valence-corrected chi connectivity index (χ3v) is 4.65. The molecule has 2 aliphatic rings. The molecule has 8 nitrogen and oxygen atoms in total. The lowest BCUT2D eigenvalue weighted by atomic mass is 9.79. The molecular weight excluding hydrogens is 320 g/mol. The number of para-hydroxylation sites is 1. The molecule has 8 heteroatoms. The zero-order chi connectivity index (χ0) is 17.4. The zero-order valence-corrected chi connectivity index (χ0v) is 13.1. The second kappa shape index (κ2) is 5.56. The van der Waals surface area contributed by atoms with Gasteiger partial charge in [-0.2, -0.15) is 5.26 Å². The van der Waals surface area contributed by atoms with E-state index in [2.05, 4.69) is 25.9 Å². The second-order valence-electron chi connectivity index (χ2n) is 6.11. The number of rotatable bonds is 2. The van der Waals surface area contributed by atoms with Gasteiger partial charge in [0.05, 0.1) is 23.5 Å². The van der Waals surface area contributed by atoms with Crippen LogP contribution < -0.4 is 16.0 Å². The predicted molar refractivity (Wildman–Crippen MR) is 88.5 cm³/mol. The molecule has 0 bridgehead atoms. The van der Waals surface area contributed by atoms with Gasteiger partial charge in [0.15, 0.2) is 0 Å². The van der Waals surface area contributed by atoms with E-state index in [-0.39, 0.29) is 17.6 Å². The van der Waals surface area contributed by atoms with Crippen LogP contribution in [0.3, 0.4) is 0 Å². The third kappa shape index (κ3) is 2.37. The Morgan fingerprint density at radius 1 is 1.32 bits per heavy atom. The lowest BCUT2D eigenvalue weighted by Gasteiger charge is -2.19. The summed E-state index contributed by atoms with van der Waals surface area (Å²) >= 11 is 0. The molecule has 3 heterocycles. The van der Waals surface area contributed by atoms with E-state index in [1.807, 2.05) is 30.3 Å². The smallest absolute Gasteiger partial charge is 0.247 e. The van der Waals surface area contributed by atoms with Crippen LogP contribution in [0, 0.1) is 11.3 Å². The Balaban J connectivity index is 1.53. The summed E-state index contributed by atoms with van der Waals surface area (Å²) < 4.78 is 0. The zero-order valence-electron chi connectivity index (χ0n) is 13.1. The normalized spacial score (nSPS) is 23.5. The van der Waals surface area contributed by atoms with Gasteiger partial charge in [-0.25, -0.2) is 9.97 Å². The van der Waals surface area contributed by atoms with Crippen molar-refractivity contribution in [3.63, 3.8) is 0 Å². The van der Waals surface area contributed by atoms with Crippen LogP contribution in [-0.2, 0) is 15.0 Å². The number of carbonyl (C=O) groups excluding carboxylic acids is 2. The third-order valence-electron chi connectivity index (χ3n) is 4.65. The van der Waals surface area contributed by atoms with E-state index < -0.39 is 11.5 Å². The van der Waals surface area contributed by atoms with E-state index in [0.717, 1.165) is 11.3 Å². The Morgan fingerprint density at radius 3 is 2.84 bits per heavy atom. The SMILES string of the molecule is N#Cc1ncc(NC(=O)C2CC3(CNc4ccccc43)C(=O)N2)cn1. The Labute approximate surface area is 143 Å². The number of amides is 2. The van der Waals surface area contributed by atoms with Gasteiger partial charge in [0, 0.05) is 12.2 Å². The largest absolute Gasteiger partial charge is 0.383 e. The lowest BCUT2D eigenvalue weighted by molar-refractivity contribution is -0.125. The predicted octanol–water partition coefficient (Wildman–Crippen LogP) is 0.539. The molecule has 0 aliphatic carbocycles. The number of aromatic nitrogens is 2. The van der Waals surface area contributed by atoms with Crippen molar-refractivity contribution in [2.75, 3.05) is 17.2 Å². The van der Waals surface area contributed by atoms with Gasteiger partial charge >= 0.3 is 0 Å². The summed E-state index contributed by atoms with van der Waals surface area (Å²) in [6, 6.07) is 8.82. The van der Waals surface area contributed by atoms with Crippen LogP contribution in [0.4, 0.5) is 11.4 Å². The quantitative estimate of drug-likeness (QED) is 0.737. The van der Waals surface area contributed by atoms with Gasteiger partial charge in [0.1, 0.15) is 12.1 Å². The molecule has 2 amide bonds. The molecule has 1 aromatic heterocycles. The molecule has 4 rings (SSSR count). The number of nitrogens with one attached hydrogen (secondary N) is 3. The van der Waals surface area contributed by atoms with Crippen molar-refractivity contribution in [3.8, 4) is 6.07 Å². The Hall–Kier alpha value is -3.47. The van der Waals surface area contributed by atoms with E-state index in [9.17, 15) is 9.59 Å². The average Bonchev–Trinajstić information content (AvgIpc) is 3.18. The summed E-state index contributed by atoms with van der Waals surface area (Å²) in [7, 11) is 0. The number of carbonyl (C=O) groups is 2. The highest BCUT2D eigenvalue weighted by molar-refractivity contribution is 6.03. The first kappa shape index (κ1) is 15.1. The highest BCUT2D eigenvalue weighted by Gasteiger charge is 2.53. The van der Waals surface area contributed by atoms with E-state index >= 15 is 0 Å². The maximum atomic E-state index is 12.6. The molecule has 2 atom stereocenters. The molecule has 1 fully saturated rings. The lowest BCUT2D eigenvalue weighted by Crippen LogP contribution is -2.39. The second-order valence-corrected chi connectivity index (χ2v) is 6.11. The van der Waals surface area contributed by atoms with Crippen molar-refractivity contribution in [3.05, 3.63) is 48.0 Å². The molecular formula is C17H14N6O2. The molecule has 0 saturated carbocycles. The summed E-state index contributed by atoms with van der Waals surface area (Å²) in [6.07, 6.45) is 3.10. The summed E-state index contributed by atoms with van der Waals surface area (Å²) in [6.45, 7) is 0.474. The van der Waals surface area contributed by atoms with Gasteiger partial charge < -0.3 is 16.0 Å². The van der Waals surface area contributed by atoms with Gasteiger partial charge in [0.2, 0.25) is 17.6 Å². The van der Waals surface area contributed by atoms with Crippen LogP contribution in [0.25, 0.3) is 0 Å². The standard InChI is InChI=1S/C17H14N6O2/c18-6-14-19-7-10(8-20-14)22-15(24)13-5-17(16(25)23-13)9-21-12-4-2-1-3-11(12)17/h1-4,7-8,13,21H,5,9H2,(H,22,24)(H,23,25). The van der Waals surface area contributed by atoms with Gasteiger partial charge in [-0.1, -0.05) is 18.2 Å². The molecule has 2 unspecified atom stereocenters. The van der Waals surface area contributed by atoms with Gasteiger partial charge in [0.25, 0.3) is 0 Å². The van der Waals surface area contributed by atoms with Crippen molar-refractivity contribution in [2.45, 2.75) is 17.9 Å². The van der Waals surface area contributed by atoms with Crippen molar-refractivity contribution >= 4 is 23.2 Å². The highest BCUT2D eigenvalue weighted by Crippen LogP contribution is 2.43. The maximum absolute atomic E-state index is 12.6. The first-order valence-electron chi connectivity index (χ1n) is 7.80. The Bertz CT molecular complexity index is 904.